The molecular weight excluding hydrogens is 128 g/mol. The van der Waals surface area contributed by atoms with E-state index >= 15 is 0 Å². The molecule has 1 atom stereocenters. The summed E-state index contributed by atoms with van der Waals surface area (Å²) in [5, 5.41) is 14.5. The summed E-state index contributed by atoms with van der Waals surface area (Å²) in [6.45, 7) is 5.29. The lowest BCUT2D eigenvalue weighted by atomic mass is 10.5. The molecule has 0 heterocycles. The van der Waals surface area contributed by atoms with Crippen molar-refractivity contribution in [3.05, 3.63) is 24.6 Å². The molecule has 58 valence electrons. The average Bonchev–Trinajstić information content (AvgIpc) is 1.99. The lowest BCUT2D eigenvalue weighted by molar-refractivity contribution is 0.202. The smallest absolute Gasteiger partial charge is 0.143 e. The summed E-state index contributed by atoms with van der Waals surface area (Å²) >= 11 is 0. The fraction of sp³-hybridized carbons (Fsp3) is 0.429. The Labute approximate surface area is 61.4 Å². The van der Waals surface area contributed by atoms with E-state index in [1.54, 1.807) is 6.20 Å². The highest BCUT2D eigenvalue weighted by Gasteiger charge is 1.89. The van der Waals surface area contributed by atoms with Gasteiger partial charge in [-0.1, -0.05) is 6.58 Å². The van der Waals surface area contributed by atoms with Crippen molar-refractivity contribution >= 4 is 0 Å². The molecule has 0 spiro atoms. The minimum absolute atomic E-state index is 0.664. The number of aliphatic hydroxyl groups excluding tert-OH is 1. The zero-order valence-electron chi connectivity index (χ0n) is 6.39. The third kappa shape index (κ3) is 3.97. The van der Waals surface area contributed by atoms with Gasteiger partial charge >= 0.3 is 0 Å². The molecule has 0 saturated heterocycles. The van der Waals surface area contributed by atoms with Gasteiger partial charge in [-0.2, -0.15) is 0 Å². The first kappa shape index (κ1) is 9.04. The van der Waals surface area contributed by atoms with Crippen LogP contribution in [0.5, 0.6) is 0 Å². The quantitative estimate of drug-likeness (QED) is 0.387. The normalized spacial score (nSPS) is 14.1. The van der Waals surface area contributed by atoms with Gasteiger partial charge in [-0.05, 0) is 13.0 Å². The summed E-state index contributed by atoms with van der Waals surface area (Å²) in [7, 11) is 1.81. The van der Waals surface area contributed by atoms with Gasteiger partial charge in [0.1, 0.15) is 6.23 Å². The summed E-state index contributed by atoms with van der Waals surface area (Å²) in [5.41, 5.74) is 0.959. The van der Waals surface area contributed by atoms with Gasteiger partial charge in [0, 0.05) is 18.9 Å². The van der Waals surface area contributed by atoms with Gasteiger partial charge in [-0.15, -0.1) is 0 Å². The molecular formula is C7H14N2O. The van der Waals surface area contributed by atoms with E-state index in [4.69, 9.17) is 5.11 Å². The number of nitrogens with one attached hydrogen (secondary N) is 2. The van der Waals surface area contributed by atoms with Crippen LogP contribution in [-0.2, 0) is 0 Å². The lowest BCUT2D eigenvalue weighted by Gasteiger charge is -2.05. The molecule has 0 aliphatic carbocycles. The lowest BCUT2D eigenvalue weighted by Crippen LogP contribution is -2.22. The van der Waals surface area contributed by atoms with E-state index in [-0.39, 0.29) is 0 Å². The second-order valence-electron chi connectivity index (χ2n) is 1.92. The second kappa shape index (κ2) is 4.88. The molecule has 0 fully saturated rings. The van der Waals surface area contributed by atoms with E-state index in [2.05, 4.69) is 17.2 Å². The molecule has 1 unspecified atom stereocenters. The Morgan fingerprint density at radius 2 is 2.30 bits per heavy atom. The molecule has 0 aliphatic heterocycles. The van der Waals surface area contributed by atoms with Crippen molar-refractivity contribution in [3.8, 4) is 0 Å². The van der Waals surface area contributed by atoms with E-state index in [0.717, 1.165) is 5.70 Å². The summed E-state index contributed by atoms with van der Waals surface area (Å²) < 4.78 is 0. The first-order valence-corrected chi connectivity index (χ1v) is 3.12. The van der Waals surface area contributed by atoms with E-state index in [0.29, 0.717) is 0 Å². The molecule has 0 aliphatic rings. The Hall–Kier alpha value is -0.960. The fourth-order valence-electron chi connectivity index (χ4n) is 0.351. The van der Waals surface area contributed by atoms with Crippen molar-refractivity contribution in [1.29, 1.82) is 0 Å². The van der Waals surface area contributed by atoms with Crippen LogP contribution in [0.4, 0.5) is 0 Å². The van der Waals surface area contributed by atoms with E-state index < -0.39 is 6.23 Å². The van der Waals surface area contributed by atoms with E-state index in [9.17, 15) is 0 Å². The highest BCUT2D eigenvalue weighted by atomic mass is 16.3. The van der Waals surface area contributed by atoms with Crippen molar-refractivity contribution in [2.45, 2.75) is 13.2 Å². The monoisotopic (exact) mass is 142 g/mol. The molecule has 0 aromatic heterocycles. The maximum Gasteiger partial charge on any atom is 0.143 e. The highest BCUT2D eigenvalue weighted by Crippen LogP contribution is 1.82. The average molecular weight is 142 g/mol. The van der Waals surface area contributed by atoms with Crippen LogP contribution in [0, 0.1) is 0 Å². The minimum atomic E-state index is -0.664. The Morgan fingerprint density at radius 1 is 1.70 bits per heavy atom. The van der Waals surface area contributed by atoms with Crippen molar-refractivity contribution < 1.29 is 5.11 Å². The SMILES string of the molecule is C=CC(O)N/C=C(\C)NC. The van der Waals surface area contributed by atoms with Crippen molar-refractivity contribution in [1.82, 2.24) is 10.6 Å². The molecule has 0 saturated carbocycles. The standard InChI is InChI=1S/C7H14N2O/c1-4-7(10)9-5-6(2)8-3/h4-5,7-10H,1H2,2-3H3/b6-5+. The molecule has 0 aromatic carbocycles. The number of hydrogen-bond donors (Lipinski definition) is 3. The van der Waals surface area contributed by atoms with Crippen LogP contribution in [0.15, 0.2) is 24.6 Å². The maximum atomic E-state index is 8.90. The Bertz CT molecular complexity index is 132. The van der Waals surface area contributed by atoms with Gasteiger partial charge in [0.15, 0.2) is 0 Å². The Morgan fingerprint density at radius 3 is 2.70 bits per heavy atom. The van der Waals surface area contributed by atoms with Crippen molar-refractivity contribution in [2.24, 2.45) is 0 Å². The van der Waals surface area contributed by atoms with Crippen molar-refractivity contribution in [3.63, 3.8) is 0 Å². The van der Waals surface area contributed by atoms with Crippen LogP contribution in [0.25, 0.3) is 0 Å². The Kier molecular flexibility index (Phi) is 4.41. The molecule has 10 heavy (non-hydrogen) atoms. The van der Waals surface area contributed by atoms with Crippen LogP contribution in [-0.4, -0.2) is 18.4 Å². The zero-order chi connectivity index (χ0) is 7.98. The molecule has 3 nitrogen and oxygen atoms in total. The van der Waals surface area contributed by atoms with Gasteiger partial charge in [0.25, 0.3) is 0 Å². The number of hydrogen-bond acceptors (Lipinski definition) is 3. The second-order valence-corrected chi connectivity index (χ2v) is 1.92. The van der Waals surface area contributed by atoms with Crippen molar-refractivity contribution in [2.75, 3.05) is 7.05 Å². The van der Waals surface area contributed by atoms with Crippen LogP contribution in [0.2, 0.25) is 0 Å². The van der Waals surface area contributed by atoms with E-state index in [1.165, 1.54) is 6.08 Å². The minimum Gasteiger partial charge on any atom is -0.390 e. The van der Waals surface area contributed by atoms with Gasteiger partial charge in [-0.3, -0.25) is 0 Å². The topological polar surface area (TPSA) is 44.3 Å². The Balaban J connectivity index is 3.60. The number of rotatable bonds is 4. The summed E-state index contributed by atoms with van der Waals surface area (Å²) in [4.78, 5) is 0. The van der Waals surface area contributed by atoms with Crippen LogP contribution < -0.4 is 10.6 Å². The first-order chi connectivity index (χ1) is 4.70. The third-order valence-corrected chi connectivity index (χ3v) is 1.09. The van der Waals surface area contributed by atoms with E-state index in [1.807, 2.05) is 14.0 Å². The molecule has 0 bridgehead atoms. The highest BCUT2D eigenvalue weighted by molar-refractivity contribution is 4.94. The number of allylic oxidation sites excluding steroid dienone is 1. The number of aliphatic hydroxyl groups is 1. The third-order valence-electron chi connectivity index (χ3n) is 1.09. The summed E-state index contributed by atoms with van der Waals surface area (Å²) in [6, 6.07) is 0. The molecule has 0 rings (SSSR count). The largest absolute Gasteiger partial charge is 0.390 e. The van der Waals surface area contributed by atoms with Crippen LogP contribution >= 0.6 is 0 Å². The van der Waals surface area contributed by atoms with Gasteiger partial charge in [0.05, 0.1) is 0 Å². The maximum absolute atomic E-state index is 8.90. The molecule has 3 heteroatoms. The first-order valence-electron chi connectivity index (χ1n) is 3.12. The zero-order valence-corrected chi connectivity index (χ0v) is 6.39. The van der Waals surface area contributed by atoms with Gasteiger partial charge in [0.2, 0.25) is 0 Å². The van der Waals surface area contributed by atoms with Crippen LogP contribution in [0.3, 0.4) is 0 Å². The fourth-order valence-corrected chi connectivity index (χ4v) is 0.351. The summed E-state index contributed by atoms with van der Waals surface area (Å²) in [6.07, 6.45) is 2.44. The molecule has 0 radical (unpaired) electrons. The molecule has 3 N–H and O–H groups in total. The molecule has 0 aromatic rings. The summed E-state index contributed by atoms with van der Waals surface area (Å²) in [5.74, 6) is 0. The molecule has 0 amide bonds. The van der Waals surface area contributed by atoms with Crippen LogP contribution in [0.1, 0.15) is 6.92 Å². The predicted octanol–water partition coefficient (Wildman–Crippen LogP) is 0.161. The van der Waals surface area contributed by atoms with Gasteiger partial charge in [-0.25, -0.2) is 0 Å². The predicted molar refractivity (Wildman–Crippen MR) is 42.2 cm³/mol. The van der Waals surface area contributed by atoms with Gasteiger partial charge < -0.3 is 15.7 Å².